The number of carbonyl (C=O) groups is 2. The van der Waals surface area contributed by atoms with Crippen molar-refractivity contribution in [1.82, 2.24) is 9.55 Å². The van der Waals surface area contributed by atoms with Crippen LogP contribution in [0.25, 0.3) is 11.0 Å². The van der Waals surface area contributed by atoms with E-state index in [0.717, 1.165) is 28.1 Å². The Morgan fingerprint density at radius 1 is 1.21 bits per heavy atom. The minimum atomic E-state index is -0.299. The van der Waals surface area contributed by atoms with E-state index in [-0.39, 0.29) is 24.3 Å². The Balaban J connectivity index is 1.69. The lowest BCUT2D eigenvalue weighted by Gasteiger charge is -2.17. The molecule has 0 spiro atoms. The maximum Gasteiger partial charge on any atom is 0.326 e. The van der Waals surface area contributed by atoms with Crippen LogP contribution in [0, 0.1) is 6.92 Å². The van der Waals surface area contributed by atoms with Crippen molar-refractivity contribution in [2.75, 3.05) is 18.1 Å². The van der Waals surface area contributed by atoms with Crippen LogP contribution in [0.15, 0.2) is 48.5 Å². The zero-order valence-electron chi connectivity index (χ0n) is 16.1. The molecule has 1 saturated heterocycles. The van der Waals surface area contributed by atoms with Crippen molar-refractivity contribution in [3.8, 4) is 0 Å². The first-order valence-corrected chi connectivity index (χ1v) is 9.54. The van der Waals surface area contributed by atoms with Crippen molar-refractivity contribution in [3.05, 3.63) is 59.9 Å². The Hall–Kier alpha value is -3.15. The second kappa shape index (κ2) is 7.46. The van der Waals surface area contributed by atoms with Gasteiger partial charge in [-0.15, -0.1) is 0 Å². The number of amides is 1. The Morgan fingerprint density at radius 3 is 2.82 bits per heavy atom. The number of carbonyl (C=O) groups excluding carboxylic acids is 2. The van der Waals surface area contributed by atoms with Gasteiger partial charge in [-0.25, -0.2) is 4.98 Å². The monoisotopic (exact) mass is 377 g/mol. The van der Waals surface area contributed by atoms with Gasteiger partial charge in [-0.2, -0.15) is 0 Å². The lowest BCUT2D eigenvalue weighted by atomic mass is 10.1. The summed E-state index contributed by atoms with van der Waals surface area (Å²) in [5, 5.41) is 0. The molecule has 0 radical (unpaired) electrons. The number of aryl methyl sites for hydroxylation is 1. The van der Waals surface area contributed by atoms with Crippen LogP contribution < -0.4 is 4.90 Å². The summed E-state index contributed by atoms with van der Waals surface area (Å²) in [5.74, 6) is 0.463. The van der Waals surface area contributed by atoms with Gasteiger partial charge in [-0.3, -0.25) is 9.59 Å². The molecule has 2 aromatic carbocycles. The highest BCUT2D eigenvalue weighted by molar-refractivity contribution is 5.96. The van der Waals surface area contributed by atoms with E-state index in [0.29, 0.717) is 19.6 Å². The van der Waals surface area contributed by atoms with Gasteiger partial charge in [0.05, 0.1) is 17.6 Å². The number of fused-ring (bicyclic) bond motifs is 1. The van der Waals surface area contributed by atoms with Gasteiger partial charge in [0, 0.05) is 24.6 Å². The van der Waals surface area contributed by atoms with Gasteiger partial charge in [0.15, 0.2) is 0 Å². The highest BCUT2D eigenvalue weighted by Gasteiger charge is 2.35. The number of imidazole rings is 1. The first-order chi connectivity index (χ1) is 13.6. The summed E-state index contributed by atoms with van der Waals surface area (Å²) < 4.78 is 7.04. The second-order valence-electron chi connectivity index (χ2n) is 7.09. The quantitative estimate of drug-likeness (QED) is 0.639. The molecule has 28 heavy (non-hydrogen) atoms. The maximum atomic E-state index is 12.7. The number of para-hydroxylation sites is 2. The predicted octanol–water partition coefficient (Wildman–Crippen LogP) is 3.43. The first kappa shape index (κ1) is 18.2. The zero-order valence-corrected chi connectivity index (χ0v) is 16.1. The lowest BCUT2D eigenvalue weighted by molar-refractivity contribution is -0.143. The van der Waals surface area contributed by atoms with E-state index in [4.69, 9.17) is 9.72 Å². The molecule has 1 aliphatic rings. The number of nitrogens with zero attached hydrogens (tertiary/aromatic N) is 3. The van der Waals surface area contributed by atoms with E-state index in [1.54, 1.807) is 6.92 Å². The summed E-state index contributed by atoms with van der Waals surface area (Å²) in [6, 6.07) is 15.7. The van der Waals surface area contributed by atoms with Crippen molar-refractivity contribution in [3.63, 3.8) is 0 Å². The fourth-order valence-electron chi connectivity index (χ4n) is 3.83. The van der Waals surface area contributed by atoms with E-state index in [1.807, 2.05) is 64.9 Å². The standard InChI is InChI=1S/C22H23N3O3/c1-3-28-21(27)14-25-19-10-5-4-9-18(19)23-22(25)16-12-20(26)24(13-16)17-8-6-7-15(2)11-17/h4-11,16H,3,12-14H2,1-2H3/t16-/m0/s1. The molecule has 1 atom stereocenters. The van der Waals surface area contributed by atoms with Gasteiger partial charge in [0.2, 0.25) is 5.91 Å². The number of benzene rings is 2. The molecular weight excluding hydrogens is 354 g/mol. The Morgan fingerprint density at radius 2 is 2.04 bits per heavy atom. The molecule has 144 valence electrons. The molecule has 1 amide bonds. The minimum absolute atomic E-state index is 0.0742. The number of rotatable bonds is 5. The van der Waals surface area contributed by atoms with Gasteiger partial charge in [-0.1, -0.05) is 24.3 Å². The van der Waals surface area contributed by atoms with Crippen LogP contribution in [-0.4, -0.2) is 34.6 Å². The first-order valence-electron chi connectivity index (χ1n) is 9.54. The Kier molecular flexibility index (Phi) is 4.86. The highest BCUT2D eigenvalue weighted by atomic mass is 16.5. The van der Waals surface area contributed by atoms with Gasteiger partial charge in [0.1, 0.15) is 12.4 Å². The number of hydrogen-bond donors (Lipinski definition) is 0. The highest BCUT2D eigenvalue weighted by Crippen LogP contribution is 2.33. The predicted molar refractivity (Wildman–Crippen MR) is 107 cm³/mol. The van der Waals surface area contributed by atoms with Crippen molar-refractivity contribution in [2.45, 2.75) is 32.7 Å². The van der Waals surface area contributed by atoms with Crippen molar-refractivity contribution in [2.24, 2.45) is 0 Å². The van der Waals surface area contributed by atoms with Crippen molar-refractivity contribution in [1.29, 1.82) is 0 Å². The second-order valence-corrected chi connectivity index (χ2v) is 7.09. The van der Waals surface area contributed by atoms with E-state index >= 15 is 0 Å². The van der Waals surface area contributed by atoms with Crippen LogP contribution in [0.1, 0.15) is 30.7 Å². The fraction of sp³-hybridized carbons (Fsp3) is 0.318. The molecule has 6 nitrogen and oxygen atoms in total. The summed E-state index contributed by atoms with van der Waals surface area (Å²) in [7, 11) is 0. The van der Waals surface area contributed by atoms with Gasteiger partial charge >= 0.3 is 5.97 Å². The average molecular weight is 377 g/mol. The van der Waals surface area contributed by atoms with E-state index in [9.17, 15) is 9.59 Å². The molecular formula is C22H23N3O3. The van der Waals surface area contributed by atoms with Crippen LogP contribution in [-0.2, 0) is 20.9 Å². The molecule has 0 saturated carbocycles. The van der Waals surface area contributed by atoms with Crippen LogP contribution >= 0.6 is 0 Å². The number of anilines is 1. The summed E-state index contributed by atoms with van der Waals surface area (Å²) in [6.07, 6.45) is 0.375. The number of ether oxygens (including phenoxy) is 1. The molecule has 1 fully saturated rings. The molecule has 4 rings (SSSR count). The molecule has 6 heteroatoms. The van der Waals surface area contributed by atoms with Crippen LogP contribution in [0.3, 0.4) is 0 Å². The zero-order chi connectivity index (χ0) is 19.7. The summed E-state index contributed by atoms with van der Waals surface area (Å²) >= 11 is 0. The van der Waals surface area contributed by atoms with Gasteiger partial charge < -0.3 is 14.2 Å². The van der Waals surface area contributed by atoms with Gasteiger partial charge in [0.25, 0.3) is 0 Å². The van der Waals surface area contributed by atoms with Crippen molar-refractivity contribution >= 4 is 28.6 Å². The maximum absolute atomic E-state index is 12.7. The largest absolute Gasteiger partial charge is 0.465 e. The molecule has 0 N–H and O–H groups in total. The van der Waals surface area contributed by atoms with Crippen LogP contribution in [0.4, 0.5) is 5.69 Å². The fourth-order valence-corrected chi connectivity index (χ4v) is 3.83. The minimum Gasteiger partial charge on any atom is -0.465 e. The van der Waals surface area contributed by atoms with Gasteiger partial charge in [-0.05, 0) is 43.7 Å². The third-order valence-electron chi connectivity index (χ3n) is 5.08. The molecule has 3 aromatic rings. The molecule has 2 heterocycles. The number of hydrogen-bond acceptors (Lipinski definition) is 4. The molecule has 0 bridgehead atoms. The smallest absolute Gasteiger partial charge is 0.326 e. The number of esters is 1. The van der Waals surface area contributed by atoms with E-state index in [1.165, 1.54) is 0 Å². The van der Waals surface area contributed by atoms with Crippen molar-refractivity contribution < 1.29 is 14.3 Å². The molecule has 1 aliphatic heterocycles. The van der Waals surface area contributed by atoms with Crippen LogP contribution in [0.5, 0.6) is 0 Å². The normalized spacial score (nSPS) is 16.7. The van der Waals surface area contributed by atoms with Crippen LogP contribution in [0.2, 0.25) is 0 Å². The topological polar surface area (TPSA) is 64.4 Å². The Bertz CT molecular complexity index is 1040. The molecule has 0 aliphatic carbocycles. The third-order valence-corrected chi connectivity index (χ3v) is 5.08. The summed E-state index contributed by atoms with van der Waals surface area (Å²) in [5.41, 5.74) is 3.72. The lowest BCUT2D eigenvalue weighted by Crippen LogP contribution is -2.24. The number of aromatic nitrogens is 2. The SMILES string of the molecule is CCOC(=O)Cn1c([C@H]2CC(=O)N(c3cccc(C)c3)C2)nc2ccccc21. The summed E-state index contributed by atoms with van der Waals surface area (Å²) in [6.45, 7) is 4.79. The summed E-state index contributed by atoms with van der Waals surface area (Å²) in [4.78, 5) is 31.5. The average Bonchev–Trinajstić information content (AvgIpc) is 3.23. The molecule has 0 unspecified atom stereocenters. The third kappa shape index (κ3) is 3.38. The van der Waals surface area contributed by atoms with E-state index < -0.39 is 0 Å². The van der Waals surface area contributed by atoms with E-state index in [2.05, 4.69) is 0 Å². The molecule has 1 aromatic heterocycles. The Labute approximate surface area is 163 Å².